The van der Waals surface area contributed by atoms with Gasteiger partial charge in [0.15, 0.2) is 29.1 Å². The number of amides is 1. The summed E-state index contributed by atoms with van der Waals surface area (Å²) >= 11 is 18.4. The van der Waals surface area contributed by atoms with Crippen molar-refractivity contribution in [3.63, 3.8) is 0 Å². The first kappa shape index (κ1) is 26.2. The standard InChI is InChI=1S/C24H14Cl3F5N2O2/c25-13-3-2-11(8-12(13)17(35)7-9-1-4-14(28)22(33)20(9)31)34-23(36)19-18(24(19,26)27)10-5-15(29)21(32)16(30)6-10/h1-6,8,18-19H,7,33H2,(H,34,36). The highest BCUT2D eigenvalue weighted by atomic mass is 35.5. The van der Waals surface area contributed by atoms with Crippen molar-refractivity contribution in [2.75, 3.05) is 11.1 Å². The van der Waals surface area contributed by atoms with Crippen LogP contribution < -0.4 is 11.1 Å². The van der Waals surface area contributed by atoms with Gasteiger partial charge in [-0.05, 0) is 47.5 Å². The van der Waals surface area contributed by atoms with E-state index in [4.69, 9.17) is 40.5 Å². The molecule has 0 radical (unpaired) electrons. The zero-order valence-corrected chi connectivity index (χ0v) is 20.1. The van der Waals surface area contributed by atoms with Crippen LogP contribution in [0.25, 0.3) is 0 Å². The molecule has 0 saturated heterocycles. The number of anilines is 2. The number of nitrogens with two attached hydrogens (primary N) is 1. The fourth-order valence-electron chi connectivity index (χ4n) is 3.88. The minimum absolute atomic E-state index is 0.000847. The van der Waals surface area contributed by atoms with E-state index in [1.807, 2.05) is 0 Å². The first-order valence-corrected chi connectivity index (χ1v) is 11.3. The summed E-state index contributed by atoms with van der Waals surface area (Å²) in [6.45, 7) is 0. The van der Waals surface area contributed by atoms with Gasteiger partial charge in [-0.25, -0.2) is 22.0 Å². The Kier molecular flexibility index (Phi) is 6.94. The Morgan fingerprint density at radius 1 is 0.917 bits per heavy atom. The summed E-state index contributed by atoms with van der Waals surface area (Å²) in [5, 5.41) is 2.49. The summed E-state index contributed by atoms with van der Waals surface area (Å²) in [6.07, 6.45) is -0.494. The number of halogens is 8. The van der Waals surface area contributed by atoms with E-state index in [1.54, 1.807) is 0 Å². The Labute approximate surface area is 216 Å². The molecule has 0 aliphatic heterocycles. The molecule has 0 spiro atoms. The molecule has 1 saturated carbocycles. The molecule has 4 rings (SSSR count). The van der Waals surface area contributed by atoms with Gasteiger partial charge >= 0.3 is 0 Å². The highest BCUT2D eigenvalue weighted by molar-refractivity contribution is 6.53. The molecule has 0 bridgehead atoms. The van der Waals surface area contributed by atoms with Gasteiger partial charge < -0.3 is 11.1 Å². The molecular formula is C24H14Cl3F5N2O2. The number of hydrogen-bond donors (Lipinski definition) is 2. The number of rotatable bonds is 6. The van der Waals surface area contributed by atoms with E-state index in [-0.39, 0.29) is 27.4 Å². The third-order valence-electron chi connectivity index (χ3n) is 5.79. The van der Waals surface area contributed by atoms with Gasteiger partial charge in [0.05, 0.1) is 10.9 Å². The van der Waals surface area contributed by atoms with Crippen LogP contribution in [0, 0.1) is 35.0 Å². The molecule has 1 aliphatic carbocycles. The van der Waals surface area contributed by atoms with Gasteiger partial charge in [-0.3, -0.25) is 9.59 Å². The van der Waals surface area contributed by atoms with Crippen molar-refractivity contribution in [2.45, 2.75) is 16.7 Å². The number of alkyl halides is 2. The van der Waals surface area contributed by atoms with Crippen molar-refractivity contribution in [3.8, 4) is 0 Å². The van der Waals surface area contributed by atoms with Gasteiger partial charge in [0.2, 0.25) is 5.91 Å². The molecule has 3 aromatic rings. The molecule has 2 unspecified atom stereocenters. The molecule has 0 heterocycles. The number of hydrogen-bond acceptors (Lipinski definition) is 3. The number of nitrogens with one attached hydrogen (secondary N) is 1. The van der Waals surface area contributed by atoms with E-state index < -0.39 is 69.1 Å². The van der Waals surface area contributed by atoms with Crippen molar-refractivity contribution in [3.05, 3.63) is 93.3 Å². The second kappa shape index (κ2) is 9.53. The van der Waals surface area contributed by atoms with Gasteiger partial charge in [-0.1, -0.05) is 17.7 Å². The summed E-state index contributed by atoms with van der Waals surface area (Å²) in [5.74, 6) is -10.2. The molecule has 188 valence electrons. The zero-order valence-electron chi connectivity index (χ0n) is 17.8. The highest BCUT2D eigenvalue weighted by Crippen LogP contribution is 2.65. The van der Waals surface area contributed by atoms with Gasteiger partial charge in [0, 0.05) is 23.6 Å². The Bertz CT molecular complexity index is 1390. The second-order valence-corrected chi connectivity index (χ2v) is 10.00. The number of carbonyl (C=O) groups is 2. The highest BCUT2D eigenvalue weighted by Gasteiger charge is 2.67. The lowest BCUT2D eigenvalue weighted by molar-refractivity contribution is -0.117. The Balaban J connectivity index is 1.53. The molecule has 12 heteroatoms. The first-order valence-electron chi connectivity index (χ1n) is 10.2. The first-order chi connectivity index (χ1) is 16.8. The van der Waals surface area contributed by atoms with Crippen molar-refractivity contribution in [1.29, 1.82) is 0 Å². The molecule has 2 atom stereocenters. The molecule has 3 aromatic carbocycles. The van der Waals surface area contributed by atoms with Crippen LogP contribution in [0.2, 0.25) is 5.02 Å². The van der Waals surface area contributed by atoms with Crippen LogP contribution in [0.3, 0.4) is 0 Å². The van der Waals surface area contributed by atoms with Crippen molar-refractivity contribution in [1.82, 2.24) is 0 Å². The summed E-state index contributed by atoms with van der Waals surface area (Å²) < 4.78 is 66.4. The minimum atomic E-state index is -1.73. The van der Waals surface area contributed by atoms with Crippen LogP contribution in [0.5, 0.6) is 0 Å². The zero-order chi connectivity index (χ0) is 26.5. The maximum atomic E-state index is 14.2. The monoisotopic (exact) mass is 562 g/mol. The Hall–Kier alpha value is -2.88. The van der Waals surface area contributed by atoms with Crippen LogP contribution in [0.4, 0.5) is 33.3 Å². The van der Waals surface area contributed by atoms with Crippen LogP contribution in [-0.4, -0.2) is 16.0 Å². The van der Waals surface area contributed by atoms with E-state index in [9.17, 15) is 31.5 Å². The number of carbonyl (C=O) groups excluding carboxylic acids is 2. The van der Waals surface area contributed by atoms with Crippen molar-refractivity contribution < 1.29 is 31.5 Å². The molecule has 36 heavy (non-hydrogen) atoms. The number of nitrogen functional groups attached to an aromatic ring is 1. The normalized spacial score (nSPS) is 18.1. The predicted octanol–water partition coefficient (Wildman–Crippen LogP) is 6.57. The van der Waals surface area contributed by atoms with E-state index in [0.717, 1.165) is 12.1 Å². The van der Waals surface area contributed by atoms with Gasteiger partial charge in [-0.2, -0.15) is 0 Å². The SMILES string of the molecule is Nc1c(F)ccc(CC(=O)c2cc(NC(=O)C3C(c4cc(F)c(F)c(F)c4)C3(Cl)Cl)ccc2Cl)c1F. The largest absolute Gasteiger partial charge is 0.394 e. The summed E-state index contributed by atoms with van der Waals surface area (Å²) in [5.41, 5.74) is 4.36. The van der Waals surface area contributed by atoms with Crippen molar-refractivity contribution >= 4 is 57.9 Å². The Morgan fingerprint density at radius 3 is 2.19 bits per heavy atom. The Morgan fingerprint density at radius 2 is 1.56 bits per heavy atom. The van der Waals surface area contributed by atoms with E-state index in [2.05, 4.69) is 5.32 Å². The molecule has 1 fully saturated rings. The van der Waals surface area contributed by atoms with Crippen LogP contribution in [0.1, 0.15) is 27.4 Å². The number of benzene rings is 3. The fraction of sp³-hybridized carbons (Fsp3) is 0.167. The van der Waals surface area contributed by atoms with E-state index in [0.29, 0.717) is 12.1 Å². The lowest BCUT2D eigenvalue weighted by atomic mass is 10.0. The van der Waals surface area contributed by atoms with E-state index >= 15 is 0 Å². The third-order valence-corrected chi connectivity index (χ3v) is 7.06. The smallest absolute Gasteiger partial charge is 0.231 e. The fourth-order valence-corrected chi connectivity index (χ4v) is 4.93. The lowest BCUT2D eigenvalue weighted by Gasteiger charge is -2.10. The molecule has 1 aliphatic rings. The van der Waals surface area contributed by atoms with E-state index in [1.165, 1.54) is 18.2 Å². The van der Waals surface area contributed by atoms with Gasteiger partial charge in [0.1, 0.15) is 15.8 Å². The van der Waals surface area contributed by atoms with Gasteiger partial charge in [0.25, 0.3) is 0 Å². The molecular weight excluding hydrogens is 550 g/mol. The number of Topliss-reactive ketones (excluding diaryl/α,β-unsaturated/α-hetero) is 1. The second-order valence-electron chi connectivity index (χ2n) is 8.15. The third kappa shape index (κ3) is 4.75. The summed E-state index contributed by atoms with van der Waals surface area (Å²) in [7, 11) is 0. The molecule has 1 amide bonds. The average Bonchev–Trinajstić information content (AvgIpc) is 3.40. The predicted molar refractivity (Wildman–Crippen MR) is 126 cm³/mol. The number of ketones is 1. The van der Waals surface area contributed by atoms with Crippen LogP contribution in [0.15, 0.2) is 42.5 Å². The summed E-state index contributed by atoms with van der Waals surface area (Å²) in [4.78, 5) is 25.6. The van der Waals surface area contributed by atoms with Gasteiger partial charge in [-0.15, -0.1) is 23.2 Å². The van der Waals surface area contributed by atoms with Crippen LogP contribution in [-0.2, 0) is 11.2 Å². The molecule has 3 N–H and O–H groups in total. The quantitative estimate of drug-likeness (QED) is 0.117. The molecule has 0 aromatic heterocycles. The maximum Gasteiger partial charge on any atom is 0.231 e. The van der Waals surface area contributed by atoms with Crippen molar-refractivity contribution in [2.24, 2.45) is 5.92 Å². The maximum absolute atomic E-state index is 14.2. The minimum Gasteiger partial charge on any atom is -0.394 e. The van der Waals surface area contributed by atoms with Crippen LogP contribution >= 0.6 is 34.8 Å². The molecule has 4 nitrogen and oxygen atoms in total. The summed E-state index contributed by atoms with van der Waals surface area (Å²) in [6, 6.07) is 7.32. The lowest BCUT2D eigenvalue weighted by Crippen LogP contribution is -2.17. The topological polar surface area (TPSA) is 72.2 Å². The average molecular weight is 564 g/mol.